The van der Waals surface area contributed by atoms with Crippen molar-refractivity contribution in [3.8, 4) is 0 Å². The maximum Gasteiger partial charge on any atom is 0.270 e. The van der Waals surface area contributed by atoms with E-state index in [4.69, 9.17) is 0 Å². The van der Waals surface area contributed by atoms with Crippen LogP contribution in [0.1, 0.15) is 18.9 Å². The lowest BCUT2D eigenvalue weighted by atomic mass is 10.1. The summed E-state index contributed by atoms with van der Waals surface area (Å²) >= 11 is 0. The van der Waals surface area contributed by atoms with Crippen LogP contribution in [0.15, 0.2) is 58.5 Å². The van der Waals surface area contributed by atoms with Crippen LogP contribution in [-0.4, -0.2) is 56.5 Å². The molecule has 3 aromatic rings. The largest absolute Gasteiger partial charge is 0.370 e. The van der Waals surface area contributed by atoms with Crippen molar-refractivity contribution in [2.24, 2.45) is 0 Å². The highest BCUT2D eigenvalue weighted by atomic mass is 32.2. The monoisotopic (exact) mass is 454 g/mol. The standard InChI is InChI=1S/C23H26N4O4S/c1-3-17-5-8-19(9-6-17)32(30,31)23-16-22(26-12-4-11-25(2)13-14-26)20-15-18(27(28)29)7-10-21(20)24-23/h5-10,15-16H,3-4,11-14H2,1-2H3. The van der Waals surface area contributed by atoms with E-state index in [1.807, 2.05) is 19.1 Å². The Morgan fingerprint density at radius 3 is 2.47 bits per heavy atom. The molecule has 2 aromatic carbocycles. The SMILES string of the molecule is CCc1ccc(S(=O)(=O)c2cc(N3CCCN(C)CC3)c3cc([N+](=O)[O-])ccc3n2)cc1. The van der Waals surface area contributed by atoms with Crippen LogP contribution < -0.4 is 4.90 Å². The minimum atomic E-state index is -3.84. The van der Waals surface area contributed by atoms with Crippen molar-refractivity contribution < 1.29 is 13.3 Å². The van der Waals surface area contributed by atoms with Crippen LogP contribution >= 0.6 is 0 Å². The van der Waals surface area contributed by atoms with Gasteiger partial charge in [0.25, 0.3) is 5.69 Å². The Balaban J connectivity index is 1.88. The molecule has 8 nitrogen and oxygen atoms in total. The number of hydrogen-bond donors (Lipinski definition) is 0. The molecule has 0 radical (unpaired) electrons. The van der Waals surface area contributed by atoms with Gasteiger partial charge in [0.05, 0.1) is 15.3 Å². The highest BCUT2D eigenvalue weighted by Crippen LogP contribution is 2.33. The second-order valence-corrected chi connectivity index (χ2v) is 9.98. The summed E-state index contributed by atoms with van der Waals surface area (Å²) < 4.78 is 26.8. The van der Waals surface area contributed by atoms with Crippen LogP contribution in [0, 0.1) is 10.1 Å². The Bertz CT molecular complexity index is 1260. The van der Waals surface area contributed by atoms with Crippen LogP contribution in [-0.2, 0) is 16.3 Å². The van der Waals surface area contributed by atoms with Crippen molar-refractivity contribution in [3.63, 3.8) is 0 Å². The fraction of sp³-hybridized carbons (Fsp3) is 0.348. The van der Waals surface area contributed by atoms with Gasteiger partial charge in [0.1, 0.15) is 0 Å². The number of fused-ring (bicyclic) bond motifs is 1. The summed E-state index contributed by atoms with van der Waals surface area (Å²) in [5.41, 5.74) is 2.10. The lowest BCUT2D eigenvalue weighted by Crippen LogP contribution is -2.29. The lowest BCUT2D eigenvalue weighted by molar-refractivity contribution is -0.384. The molecular weight excluding hydrogens is 428 g/mol. The number of aryl methyl sites for hydroxylation is 1. The summed E-state index contributed by atoms with van der Waals surface area (Å²) in [6.45, 7) is 5.20. The zero-order valence-electron chi connectivity index (χ0n) is 18.2. The molecule has 9 heteroatoms. The Kier molecular flexibility index (Phi) is 6.12. The van der Waals surface area contributed by atoms with E-state index in [0.29, 0.717) is 23.1 Å². The van der Waals surface area contributed by atoms with Gasteiger partial charge in [0.15, 0.2) is 5.03 Å². The first-order chi connectivity index (χ1) is 15.3. The van der Waals surface area contributed by atoms with E-state index >= 15 is 0 Å². The molecule has 0 saturated carbocycles. The third-order valence-corrected chi connectivity index (χ3v) is 7.59. The second kappa shape index (κ2) is 8.84. The quantitative estimate of drug-likeness (QED) is 0.428. The molecule has 1 aliphatic rings. The van der Waals surface area contributed by atoms with E-state index in [-0.39, 0.29) is 15.6 Å². The number of hydrogen-bond acceptors (Lipinski definition) is 7. The Morgan fingerprint density at radius 1 is 1.03 bits per heavy atom. The molecule has 1 fully saturated rings. The molecular formula is C23H26N4O4S. The summed E-state index contributed by atoms with van der Waals surface area (Å²) in [6, 6.07) is 12.8. The molecule has 0 amide bonds. The number of likely N-dealkylation sites (N-methyl/N-ethyl adjacent to an activating group) is 1. The van der Waals surface area contributed by atoms with Gasteiger partial charge in [0, 0.05) is 42.8 Å². The summed E-state index contributed by atoms with van der Waals surface area (Å²) in [7, 11) is -1.79. The molecule has 0 unspecified atom stereocenters. The summed E-state index contributed by atoms with van der Waals surface area (Å²) in [5.74, 6) is 0. The number of pyridine rings is 1. The topological polar surface area (TPSA) is 96.7 Å². The highest BCUT2D eigenvalue weighted by molar-refractivity contribution is 7.91. The van der Waals surface area contributed by atoms with Gasteiger partial charge < -0.3 is 9.80 Å². The first-order valence-electron chi connectivity index (χ1n) is 10.7. The number of sulfone groups is 1. The predicted molar refractivity (Wildman–Crippen MR) is 124 cm³/mol. The molecule has 0 bridgehead atoms. The predicted octanol–water partition coefficient (Wildman–Crippen LogP) is 3.68. The van der Waals surface area contributed by atoms with Crippen molar-refractivity contribution in [3.05, 3.63) is 64.2 Å². The number of non-ortho nitro benzene ring substituents is 1. The number of benzene rings is 2. The first-order valence-corrected chi connectivity index (χ1v) is 12.1. The molecule has 0 aliphatic carbocycles. The van der Waals surface area contributed by atoms with Crippen LogP contribution in [0.2, 0.25) is 0 Å². The maximum absolute atomic E-state index is 13.4. The van der Waals surface area contributed by atoms with Gasteiger partial charge >= 0.3 is 0 Å². The van der Waals surface area contributed by atoms with Crippen molar-refractivity contribution in [1.29, 1.82) is 0 Å². The number of aromatic nitrogens is 1. The zero-order chi connectivity index (χ0) is 22.9. The van der Waals surface area contributed by atoms with Gasteiger partial charge in [0.2, 0.25) is 9.84 Å². The van der Waals surface area contributed by atoms with Gasteiger partial charge in [-0.3, -0.25) is 10.1 Å². The van der Waals surface area contributed by atoms with E-state index in [1.165, 1.54) is 18.2 Å². The van der Waals surface area contributed by atoms with E-state index in [2.05, 4.69) is 21.8 Å². The average molecular weight is 455 g/mol. The van der Waals surface area contributed by atoms with Crippen molar-refractivity contribution >= 4 is 32.1 Å². The van der Waals surface area contributed by atoms with Crippen LogP contribution in [0.4, 0.5) is 11.4 Å². The van der Waals surface area contributed by atoms with Crippen LogP contribution in [0.5, 0.6) is 0 Å². The molecule has 32 heavy (non-hydrogen) atoms. The normalized spacial score (nSPS) is 15.6. The molecule has 2 heterocycles. The Labute approximate surface area is 187 Å². The van der Waals surface area contributed by atoms with E-state index in [0.717, 1.165) is 38.0 Å². The smallest absolute Gasteiger partial charge is 0.270 e. The molecule has 0 N–H and O–H groups in total. The summed E-state index contributed by atoms with van der Waals surface area (Å²) in [4.78, 5) is 19.8. The molecule has 1 aliphatic heterocycles. The van der Waals surface area contributed by atoms with Gasteiger partial charge in [-0.05, 0) is 56.3 Å². The number of nitro benzene ring substituents is 1. The van der Waals surface area contributed by atoms with Crippen molar-refractivity contribution in [2.75, 3.05) is 38.1 Å². The molecule has 168 valence electrons. The third kappa shape index (κ3) is 4.31. The molecule has 0 atom stereocenters. The second-order valence-electron chi connectivity index (χ2n) is 8.08. The summed E-state index contributed by atoms with van der Waals surface area (Å²) in [6.07, 6.45) is 1.73. The molecule has 1 saturated heterocycles. The lowest BCUT2D eigenvalue weighted by Gasteiger charge is -2.25. The van der Waals surface area contributed by atoms with Crippen LogP contribution in [0.3, 0.4) is 0 Å². The Hall–Kier alpha value is -3.04. The van der Waals surface area contributed by atoms with E-state index < -0.39 is 14.8 Å². The van der Waals surface area contributed by atoms with E-state index in [1.54, 1.807) is 18.2 Å². The number of nitro groups is 1. The molecule has 4 rings (SSSR count). The average Bonchev–Trinajstić information content (AvgIpc) is 3.02. The maximum atomic E-state index is 13.4. The van der Waals surface area contributed by atoms with Gasteiger partial charge in [-0.1, -0.05) is 19.1 Å². The van der Waals surface area contributed by atoms with Crippen LogP contribution in [0.25, 0.3) is 10.9 Å². The molecule has 0 spiro atoms. The zero-order valence-corrected chi connectivity index (χ0v) is 19.0. The third-order valence-electron chi connectivity index (χ3n) is 5.94. The number of rotatable bonds is 5. The van der Waals surface area contributed by atoms with Gasteiger partial charge in [-0.15, -0.1) is 0 Å². The van der Waals surface area contributed by atoms with Gasteiger partial charge in [-0.25, -0.2) is 13.4 Å². The minimum absolute atomic E-state index is 0.0433. The Morgan fingerprint density at radius 2 is 1.78 bits per heavy atom. The van der Waals surface area contributed by atoms with Crippen molar-refractivity contribution in [1.82, 2.24) is 9.88 Å². The minimum Gasteiger partial charge on any atom is -0.370 e. The van der Waals surface area contributed by atoms with Gasteiger partial charge in [-0.2, -0.15) is 0 Å². The fourth-order valence-corrected chi connectivity index (χ4v) is 5.22. The highest BCUT2D eigenvalue weighted by Gasteiger charge is 2.25. The first kappa shape index (κ1) is 22.2. The van der Waals surface area contributed by atoms with Crippen molar-refractivity contribution in [2.45, 2.75) is 29.7 Å². The number of anilines is 1. The number of nitrogens with zero attached hydrogens (tertiary/aromatic N) is 4. The molecule has 1 aromatic heterocycles. The van der Waals surface area contributed by atoms with E-state index in [9.17, 15) is 18.5 Å². The fourth-order valence-electron chi connectivity index (χ4n) is 4.00. The summed E-state index contributed by atoms with van der Waals surface area (Å²) in [5, 5.41) is 11.9.